The molecule has 1 atom stereocenters. The summed E-state index contributed by atoms with van der Waals surface area (Å²) in [7, 11) is 0. The van der Waals surface area contributed by atoms with Crippen molar-refractivity contribution in [2.24, 2.45) is 0 Å². The van der Waals surface area contributed by atoms with Crippen molar-refractivity contribution in [1.82, 2.24) is 5.32 Å². The second-order valence-corrected chi connectivity index (χ2v) is 7.33. The number of Topliss-reactive ketones (excluding diaryl/α,β-unsaturated/α-hetero) is 1. The molecule has 1 aliphatic rings. The summed E-state index contributed by atoms with van der Waals surface area (Å²) < 4.78 is 0. The number of aliphatic hydroxyl groups excluding tert-OH is 1. The molecule has 0 spiro atoms. The van der Waals surface area contributed by atoms with Crippen LogP contribution in [0.25, 0.3) is 0 Å². The molecule has 0 heterocycles. The van der Waals surface area contributed by atoms with E-state index in [0.29, 0.717) is 17.9 Å². The number of aliphatic hydroxyl groups is 1. The lowest BCUT2D eigenvalue weighted by Gasteiger charge is -2.22. The summed E-state index contributed by atoms with van der Waals surface area (Å²) in [4.78, 5) is 24.8. The fourth-order valence-electron chi connectivity index (χ4n) is 3.78. The first-order chi connectivity index (χ1) is 13.2. The molecule has 0 saturated heterocycles. The maximum absolute atomic E-state index is 12.4. The molecule has 2 N–H and O–H groups in total. The van der Waals surface area contributed by atoms with Gasteiger partial charge in [-0.2, -0.15) is 0 Å². The van der Waals surface area contributed by atoms with E-state index in [1.165, 1.54) is 37.7 Å². The zero-order chi connectivity index (χ0) is 19.1. The van der Waals surface area contributed by atoms with Gasteiger partial charge in [0.15, 0.2) is 0 Å². The van der Waals surface area contributed by atoms with Crippen LogP contribution in [0.15, 0.2) is 54.6 Å². The lowest BCUT2D eigenvalue weighted by atomic mass is 9.84. The highest BCUT2D eigenvalue weighted by Gasteiger charge is 2.21. The van der Waals surface area contributed by atoms with E-state index in [2.05, 4.69) is 5.32 Å². The summed E-state index contributed by atoms with van der Waals surface area (Å²) in [5.41, 5.74) is 2.65. The molecule has 1 fully saturated rings. The third-order valence-electron chi connectivity index (χ3n) is 5.34. The molecule has 27 heavy (non-hydrogen) atoms. The second kappa shape index (κ2) is 9.47. The van der Waals surface area contributed by atoms with Gasteiger partial charge in [-0.1, -0.05) is 73.9 Å². The molecule has 0 aromatic heterocycles. The summed E-state index contributed by atoms with van der Waals surface area (Å²) in [5.74, 6) is -0.659. The first kappa shape index (κ1) is 19.3. The minimum atomic E-state index is -0.671. The van der Waals surface area contributed by atoms with Crippen molar-refractivity contribution in [1.29, 1.82) is 0 Å². The van der Waals surface area contributed by atoms with Gasteiger partial charge in [-0.15, -0.1) is 0 Å². The maximum atomic E-state index is 12.4. The van der Waals surface area contributed by atoms with Gasteiger partial charge in [-0.25, -0.2) is 0 Å². The van der Waals surface area contributed by atoms with Crippen LogP contribution in [-0.4, -0.2) is 29.4 Å². The van der Waals surface area contributed by atoms with E-state index in [1.807, 2.05) is 42.5 Å². The number of hydrogen-bond acceptors (Lipinski definition) is 3. The van der Waals surface area contributed by atoms with Gasteiger partial charge in [0, 0.05) is 5.56 Å². The first-order valence-electron chi connectivity index (χ1n) is 9.77. The van der Waals surface area contributed by atoms with Crippen molar-refractivity contribution >= 4 is 11.7 Å². The summed E-state index contributed by atoms with van der Waals surface area (Å²) in [6.45, 7) is -0.214. The van der Waals surface area contributed by atoms with Crippen LogP contribution in [0.3, 0.4) is 0 Å². The Morgan fingerprint density at radius 3 is 2.26 bits per heavy atom. The quantitative estimate of drug-likeness (QED) is 0.581. The van der Waals surface area contributed by atoms with Crippen molar-refractivity contribution in [2.75, 3.05) is 6.61 Å². The minimum absolute atomic E-state index is 0.214. The molecule has 2 aromatic carbocycles. The molecule has 4 nitrogen and oxygen atoms in total. The van der Waals surface area contributed by atoms with Gasteiger partial charge in [0.25, 0.3) is 5.91 Å². The van der Waals surface area contributed by atoms with Crippen LogP contribution in [0.5, 0.6) is 0 Å². The SMILES string of the molecule is O=C(N[C@H](CO)Cc1ccccc1)C(=O)c1ccc(C2CCCCC2)cc1. The van der Waals surface area contributed by atoms with E-state index < -0.39 is 17.7 Å². The standard InChI is InChI=1S/C23H27NO3/c25-16-21(15-17-7-3-1-4-8-17)24-23(27)22(26)20-13-11-19(12-14-20)18-9-5-2-6-10-18/h1,3-4,7-8,11-14,18,21,25H,2,5-6,9-10,15-16H2,(H,24,27)/t21-/m0/s1. The Hall–Kier alpha value is -2.46. The molecule has 0 radical (unpaired) electrons. The Morgan fingerprint density at radius 2 is 1.63 bits per heavy atom. The number of rotatable bonds is 7. The van der Waals surface area contributed by atoms with Crippen LogP contribution in [0.2, 0.25) is 0 Å². The van der Waals surface area contributed by atoms with Crippen molar-refractivity contribution in [3.8, 4) is 0 Å². The van der Waals surface area contributed by atoms with Crippen LogP contribution in [0, 0.1) is 0 Å². The average Bonchev–Trinajstić information content (AvgIpc) is 2.74. The van der Waals surface area contributed by atoms with Crippen molar-refractivity contribution in [3.05, 3.63) is 71.3 Å². The zero-order valence-corrected chi connectivity index (χ0v) is 15.6. The largest absolute Gasteiger partial charge is 0.394 e. The molecule has 3 rings (SSSR count). The second-order valence-electron chi connectivity index (χ2n) is 7.33. The highest BCUT2D eigenvalue weighted by Crippen LogP contribution is 2.32. The van der Waals surface area contributed by atoms with E-state index in [-0.39, 0.29) is 6.61 Å². The smallest absolute Gasteiger partial charge is 0.292 e. The van der Waals surface area contributed by atoms with E-state index in [0.717, 1.165) is 5.56 Å². The number of amides is 1. The lowest BCUT2D eigenvalue weighted by Crippen LogP contribution is -2.42. The van der Waals surface area contributed by atoms with Crippen LogP contribution in [-0.2, 0) is 11.2 Å². The molecule has 0 bridgehead atoms. The topological polar surface area (TPSA) is 66.4 Å². The van der Waals surface area contributed by atoms with Crippen LogP contribution < -0.4 is 5.32 Å². The maximum Gasteiger partial charge on any atom is 0.292 e. The fraction of sp³-hybridized carbons (Fsp3) is 0.391. The molecule has 1 aliphatic carbocycles. The van der Waals surface area contributed by atoms with Gasteiger partial charge in [0.05, 0.1) is 12.6 Å². The van der Waals surface area contributed by atoms with Crippen LogP contribution in [0.1, 0.15) is 59.5 Å². The number of carbonyl (C=O) groups is 2. The molecule has 0 aliphatic heterocycles. The normalized spacial score (nSPS) is 15.9. The summed E-state index contributed by atoms with van der Waals surface area (Å²) in [6, 6.07) is 16.6. The van der Waals surface area contributed by atoms with Crippen molar-refractivity contribution in [3.63, 3.8) is 0 Å². The lowest BCUT2D eigenvalue weighted by molar-refractivity contribution is -0.117. The average molecular weight is 365 g/mol. The molecule has 142 valence electrons. The Bertz CT molecular complexity index is 749. The van der Waals surface area contributed by atoms with Crippen molar-refractivity contribution < 1.29 is 14.7 Å². The summed E-state index contributed by atoms with van der Waals surface area (Å²) >= 11 is 0. The molecular weight excluding hydrogens is 338 g/mol. The highest BCUT2D eigenvalue weighted by molar-refractivity contribution is 6.42. The number of carbonyl (C=O) groups excluding carboxylic acids is 2. The number of ketones is 1. The van der Waals surface area contributed by atoms with Crippen molar-refractivity contribution in [2.45, 2.75) is 50.5 Å². The molecule has 0 unspecified atom stereocenters. The van der Waals surface area contributed by atoms with Gasteiger partial charge in [0.1, 0.15) is 0 Å². The molecule has 2 aromatic rings. The third-order valence-corrected chi connectivity index (χ3v) is 5.34. The predicted molar refractivity (Wildman–Crippen MR) is 106 cm³/mol. The van der Waals surface area contributed by atoms with Gasteiger partial charge >= 0.3 is 0 Å². The number of benzene rings is 2. The van der Waals surface area contributed by atoms with E-state index in [9.17, 15) is 14.7 Å². The van der Waals surface area contributed by atoms with Gasteiger partial charge in [-0.3, -0.25) is 9.59 Å². The van der Waals surface area contributed by atoms with E-state index in [4.69, 9.17) is 0 Å². The predicted octanol–water partition coefficient (Wildman–Crippen LogP) is 3.64. The Labute approximate surface area is 160 Å². The molecule has 1 amide bonds. The molecule has 4 heteroatoms. The Morgan fingerprint density at radius 1 is 0.963 bits per heavy atom. The first-order valence-corrected chi connectivity index (χ1v) is 9.77. The van der Waals surface area contributed by atoms with Crippen LogP contribution in [0.4, 0.5) is 0 Å². The number of hydrogen-bond donors (Lipinski definition) is 2. The summed E-state index contributed by atoms with van der Waals surface area (Å²) in [5, 5.41) is 12.2. The minimum Gasteiger partial charge on any atom is -0.394 e. The van der Waals surface area contributed by atoms with Gasteiger partial charge in [-0.05, 0) is 36.3 Å². The molecular formula is C23H27NO3. The van der Waals surface area contributed by atoms with Crippen LogP contribution >= 0.6 is 0 Å². The fourth-order valence-corrected chi connectivity index (χ4v) is 3.78. The number of nitrogens with one attached hydrogen (secondary N) is 1. The Kier molecular flexibility index (Phi) is 6.77. The van der Waals surface area contributed by atoms with Gasteiger partial charge < -0.3 is 10.4 Å². The third kappa shape index (κ3) is 5.27. The Balaban J connectivity index is 1.59. The van der Waals surface area contributed by atoms with Gasteiger partial charge in [0.2, 0.25) is 5.78 Å². The molecule has 1 saturated carbocycles. The van der Waals surface area contributed by atoms with E-state index >= 15 is 0 Å². The highest BCUT2D eigenvalue weighted by atomic mass is 16.3. The monoisotopic (exact) mass is 365 g/mol. The zero-order valence-electron chi connectivity index (χ0n) is 15.6. The summed E-state index contributed by atoms with van der Waals surface area (Å²) in [6.07, 6.45) is 6.71. The van der Waals surface area contributed by atoms with E-state index in [1.54, 1.807) is 12.1 Å².